The molecule has 104 valence electrons. The van der Waals surface area contributed by atoms with Crippen LogP contribution in [0.15, 0.2) is 0 Å². The van der Waals surface area contributed by atoms with Crippen LogP contribution in [0.1, 0.15) is 41.0 Å². The van der Waals surface area contributed by atoms with Crippen molar-refractivity contribution in [2.45, 2.75) is 52.3 Å². The third-order valence-electron chi connectivity index (χ3n) is 3.02. The summed E-state index contributed by atoms with van der Waals surface area (Å²) in [5.41, 5.74) is 0. The fourth-order valence-corrected chi connectivity index (χ4v) is 3.30. The van der Waals surface area contributed by atoms with Crippen molar-refractivity contribution in [2.75, 3.05) is 20.1 Å². The molecule has 0 spiro atoms. The smallest absolute Gasteiger partial charge is 0.217 e. The highest BCUT2D eigenvalue weighted by Crippen LogP contribution is 2.16. The van der Waals surface area contributed by atoms with Gasteiger partial charge in [0.15, 0.2) is 0 Å². The lowest BCUT2D eigenvalue weighted by molar-refractivity contribution is 0.334. The Morgan fingerprint density at radius 1 is 1.18 bits per heavy atom. The molecule has 0 rings (SSSR count). The quantitative estimate of drug-likeness (QED) is 0.725. The largest absolute Gasteiger partial charge is 0.316 e. The van der Waals surface area contributed by atoms with E-state index in [-0.39, 0.29) is 11.3 Å². The highest BCUT2D eigenvalue weighted by atomic mass is 32.2. The van der Waals surface area contributed by atoms with Gasteiger partial charge in [-0.2, -0.15) is 0 Å². The average Bonchev–Trinajstić information content (AvgIpc) is 2.23. The number of hydrogen-bond donors (Lipinski definition) is 1. The number of rotatable bonds is 8. The van der Waals surface area contributed by atoms with Crippen molar-refractivity contribution in [2.24, 2.45) is 5.92 Å². The molecule has 2 atom stereocenters. The van der Waals surface area contributed by atoms with Crippen molar-refractivity contribution in [1.82, 2.24) is 9.62 Å². The van der Waals surface area contributed by atoms with Crippen molar-refractivity contribution < 1.29 is 8.42 Å². The highest BCUT2D eigenvalue weighted by Gasteiger charge is 2.29. The first-order valence-corrected chi connectivity index (χ1v) is 7.91. The third-order valence-corrected chi connectivity index (χ3v) is 5.37. The molecule has 0 saturated heterocycles. The molecule has 5 heteroatoms. The minimum absolute atomic E-state index is 0.0593. The molecule has 1 N–H and O–H groups in total. The maximum Gasteiger partial charge on any atom is 0.217 e. The summed E-state index contributed by atoms with van der Waals surface area (Å²) in [5.74, 6) is 0.506. The van der Waals surface area contributed by atoms with Crippen molar-refractivity contribution in [3.8, 4) is 0 Å². The predicted octanol–water partition coefficient (Wildman–Crippen LogP) is 1.68. The Morgan fingerprint density at radius 3 is 2.12 bits per heavy atom. The second-order valence-corrected chi connectivity index (χ2v) is 7.57. The van der Waals surface area contributed by atoms with Gasteiger partial charge in [0.1, 0.15) is 0 Å². The maximum absolute atomic E-state index is 12.2. The van der Waals surface area contributed by atoms with Gasteiger partial charge in [-0.3, -0.25) is 0 Å². The first-order valence-electron chi connectivity index (χ1n) is 6.41. The third kappa shape index (κ3) is 5.36. The van der Waals surface area contributed by atoms with Gasteiger partial charge < -0.3 is 5.32 Å². The average molecular weight is 264 g/mol. The maximum atomic E-state index is 12.2. The minimum Gasteiger partial charge on any atom is -0.316 e. The molecule has 2 unspecified atom stereocenters. The lowest BCUT2D eigenvalue weighted by Crippen LogP contribution is -2.44. The Balaban J connectivity index is 4.58. The molecule has 0 aromatic carbocycles. The molecule has 0 aliphatic heterocycles. The zero-order valence-electron chi connectivity index (χ0n) is 12.0. The van der Waals surface area contributed by atoms with Crippen LogP contribution in [-0.4, -0.2) is 44.2 Å². The van der Waals surface area contributed by atoms with E-state index < -0.39 is 10.0 Å². The molecular weight excluding hydrogens is 236 g/mol. The molecule has 17 heavy (non-hydrogen) atoms. The topological polar surface area (TPSA) is 49.4 Å². The summed E-state index contributed by atoms with van der Waals surface area (Å²) in [4.78, 5) is 0. The zero-order chi connectivity index (χ0) is 13.6. The summed E-state index contributed by atoms with van der Waals surface area (Å²) in [6.07, 6.45) is 0.893. The molecule has 0 aliphatic rings. The zero-order valence-corrected chi connectivity index (χ0v) is 12.8. The molecule has 0 bridgehead atoms. The fourth-order valence-electron chi connectivity index (χ4n) is 1.82. The molecule has 0 aromatic heterocycles. The van der Waals surface area contributed by atoms with E-state index in [1.165, 1.54) is 4.31 Å². The molecule has 4 nitrogen and oxygen atoms in total. The van der Waals surface area contributed by atoms with E-state index in [1.54, 1.807) is 14.0 Å². The lowest BCUT2D eigenvalue weighted by atomic mass is 10.1. The van der Waals surface area contributed by atoms with E-state index in [4.69, 9.17) is 0 Å². The molecular formula is C12H28N2O2S. The second kappa shape index (κ2) is 7.34. The Kier molecular flexibility index (Phi) is 7.28. The highest BCUT2D eigenvalue weighted by molar-refractivity contribution is 7.89. The standard InChI is InChI=1S/C12H28N2O2S/c1-7-13-9-12(5)17(15,16)14(6)11(4)8-10(2)3/h10-13H,7-9H2,1-6H3. The minimum atomic E-state index is -3.19. The van der Waals surface area contributed by atoms with Crippen LogP contribution in [0.25, 0.3) is 0 Å². The van der Waals surface area contributed by atoms with Crippen molar-refractivity contribution in [3.63, 3.8) is 0 Å². The van der Waals surface area contributed by atoms with Gasteiger partial charge in [0.05, 0.1) is 5.25 Å². The molecule has 0 radical (unpaired) electrons. The van der Waals surface area contributed by atoms with Crippen LogP contribution >= 0.6 is 0 Å². The SMILES string of the molecule is CCNCC(C)S(=O)(=O)N(C)C(C)CC(C)C. The van der Waals surface area contributed by atoms with Crippen molar-refractivity contribution in [1.29, 1.82) is 0 Å². The van der Waals surface area contributed by atoms with Crippen molar-refractivity contribution >= 4 is 10.0 Å². The van der Waals surface area contributed by atoms with Crippen LogP contribution in [0.3, 0.4) is 0 Å². The van der Waals surface area contributed by atoms with E-state index in [0.29, 0.717) is 12.5 Å². The summed E-state index contributed by atoms with van der Waals surface area (Å²) < 4.78 is 26.0. The van der Waals surface area contributed by atoms with Gasteiger partial charge in [0.25, 0.3) is 0 Å². The first kappa shape index (κ1) is 16.9. The van der Waals surface area contributed by atoms with E-state index in [9.17, 15) is 8.42 Å². The monoisotopic (exact) mass is 264 g/mol. The molecule has 0 saturated carbocycles. The Labute approximate surface area is 107 Å². The van der Waals surface area contributed by atoms with Crippen LogP contribution in [0, 0.1) is 5.92 Å². The molecule has 0 fully saturated rings. The summed E-state index contributed by atoms with van der Waals surface area (Å²) in [6.45, 7) is 11.2. The Hall–Kier alpha value is -0.130. The number of hydrogen-bond acceptors (Lipinski definition) is 3. The van der Waals surface area contributed by atoms with E-state index in [2.05, 4.69) is 19.2 Å². The normalized spacial score (nSPS) is 16.5. The summed E-state index contributed by atoms with van der Waals surface area (Å²) in [6, 6.07) is 0.0593. The summed E-state index contributed by atoms with van der Waals surface area (Å²) in [5, 5.41) is 2.71. The lowest BCUT2D eigenvalue weighted by Gasteiger charge is -2.28. The number of sulfonamides is 1. The predicted molar refractivity (Wildman–Crippen MR) is 73.6 cm³/mol. The van der Waals surface area contributed by atoms with Crippen LogP contribution in [-0.2, 0) is 10.0 Å². The summed E-state index contributed by atoms with van der Waals surface area (Å²) in [7, 11) is -1.50. The van der Waals surface area contributed by atoms with Crippen LogP contribution in [0.2, 0.25) is 0 Å². The van der Waals surface area contributed by atoms with Crippen LogP contribution in [0.5, 0.6) is 0 Å². The summed E-state index contributed by atoms with van der Waals surface area (Å²) >= 11 is 0. The number of nitrogens with zero attached hydrogens (tertiary/aromatic N) is 1. The Bertz CT molecular complexity index is 302. The molecule has 0 aliphatic carbocycles. The second-order valence-electron chi connectivity index (χ2n) is 5.16. The van der Waals surface area contributed by atoms with Gasteiger partial charge in [0.2, 0.25) is 10.0 Å². The van der Waals surface area contributed by atoms with Gasteiger partial charge in [-0.1, -0.05) is 20.8 Å². The van der Waals surface area contributed by atoms with E-state index in [0.717, 1.165) is 13.0 Å². The van der Waals surface area contributed by atoms with Crippen LogP contribution in [0.4, 0.5) is 0 Å². The van der Waals surface area contributed by atoms with E-state index >= 15 is 0 Å². The Morgan fingerprint density at radius 2 is 1.71 bits per heavy atom. The van der Waals surface area contributed by atoms with Gasteiger partial charge >= 0.3 is 0 Å². The van der Waals surface area contributed by atoms with E-state index in [1.807, 2.05) is 13.8 Å². The van der Waals surface area contributed by atoms with Gasteiger partial charge in [-0.05, 0) is 32.7 Å². The molecule has 0 aromatic rings. The first-order chi connectivity index (χ1) is 7.73. The fraction of sp³-hybridized carbons (Fsp3) is 1.00. The van der Waals surface area contributed by atoms with Crippen molar-refractivity contribution in [3.05, 3.63) is 0 Å². The molecule has 0 amide bonds. The van der Waals surface area contributed by atoms with Crippen LogP contribution < -0.4 is 5.32 Å². The van der Waals surface area contributed by atoms with Gasteiger partial charge in [-0.15, -0.1) is 0 Å². The number of nitrogens with one attached hydrogen (secondary N) is 1. The van der Waals surface area contributed by atoms with Gasteiger partial charge in [0, 0.05) is 19.6 Å². The van der Waals surface area contributed by atoms with Gasteiger partial charge in [-0.25, -0.2) is 12.7 Å². The molecule has 0 heterocycles.